The molecule has 4 aromatic rings. The van der Waals surface area contributed by atoms with Crippen LogP contribution < -0.4 is 0 Å². The normalized spacial score (nSPS) is 11.0. The van der Waals surface area contributed by atoms with Crippen LogP contribution in [0.5, 0.6) is 0 Å². The second-order valence-electron chi connectivity index (χ2n) is 4.96. The quantitative estimate of drug-likeness (QED) is 0.518. The maximum absolute atomic E-state index is 14.3. The molecule has 0 fully saturated rings. The molecule has 0 saturated carbocycles. The maximum atomic E-state index is 14.3. The zero-order chi connectivity index (χ0) is 15.8. The van der Waals surface area contributed by atoms with Crippen molar-refractivity contribution in [1.29, 1.82) is 0 Å². The van der Waals surface area contributed by atoms with E-state index in [2.05, 4.69) is 15.1 Å². The number of fused-ring (bicyclic) bond motifs is 1. The Kier molecular flexibility index (Phi) is 3.28. The predicted octanol–water partition coefficient (Wildman–Crippen LogP) is 4.25. The first-order valence-electron chi connectivity index (χ1n) is 6.95. The van der Waals surface area contributed by atoms with E-state index in [1.807, 2.05) is 54.7 Å². The number of pyridine rings is 1. The van der Waals surface area contributed by atoms with E-state index in [1.54, 1.807) is 4.52 Å². The number of rotatable bonds is 2. The molecule has 0 amide bonds. The Morgan fingerprint density at radius 1 is 0.957 bits per heavy atom. The van der Waals surface area contributed by atoms with Crippen molar-refractivity contribution in [2.45, 2.75) is 0 Å². The molecule has 112 valence electrons. The minimum absolute atomic E-state index is 0.00399. The number of aromatic nitrogens is 4. The molecule has 23 heavy (non-hydrogen) atoms. The fourth-order valence-corrected chi connectivity index (χ4v) is 2.68. The Hall–Kier alpha value is -2.79. The molecule has 0 radical (unpaired) electrons. The minimum Gasteiger partial charge on any atom is -0.240 e. The molecule has 4 rings (SSSR count). The molecule has 0 aliphatic rings. The molecule has 0 atom stereocenters. The fourth-order valence-electron chi connectivity index (χ4n) is 2.55. The van der Waals surface area contributed by atoms with Crippen molar-refractivity contribution >= 4 is 17.1 Å². The Morgan fingerprint density at radius 3 is 2.57 bits per heavy atom. The molecule has 0 aliphatic carbocycles. The van der Waals surface area contributed by atoms with Crippen molar-refractivity contribution < 1.29 is 4.39 Å². The lowest BCUT2D eigenvalue weighted by atomic mass is 10.0. The van der Waals surface area contributed by atoms with Crippen LogP contribution in [-0.4, -0.2) is 19.6 Å². The number of benzene rings is 1. The minimum atomic E-state index is -0.537. The third-order valence-electron chi connectivity index (χ3n) is 3.54. The lowest BCUT2D eigenvalue weighted by Crippen LogP contribution is -1.94. The van der Waals surface area contributed by atoms with Crippen LogP contribution >= 0.6 is 11.6 Å². The van der Waals surface area contributed by atoms with Crippen LogP contribution in [0.4, 0.5) is 4.39 Å². The highest BCUT2D eigenvalue weighted by Crippen LogP contribution is 2.35. The number of nitrogens with zero attached hydrogens (tertiary/aromatic N) is 4. The van der Waals surface area contributed by atoms with Crippen molar-refractivity contribution in [2.75, 3.05) is 0 Å². The van der Waals surface area contributed by atoms with Crippen LogP contribution in [0.15, 0.2) is 60.9 Å². The summed E-state index contributed by atoms with van der Waals surface area (Å²) in [6.45, 7) is 0. The average Bonchev–Trinajstić information content (AvgIpc) is 2.97. The summed E-state index contributed by atoms with van der Waals surface area (Å²) in [4.78, 5) is 7.76. The van der Waals surface area contributed by atoms with Gasteiger partial charge in [-0.1, -0.05) is 36.4 Å². The van der Waals surface area contributed by atoms with Gasteiger partial charge in [0.1, 0.15) is 11.4 Å². The largest absolute Gasteiger partial charge is 0.240 e. The molecule has 0 bridgehead atoms. The molecule has 3 heterocycles. The SMILES string of the molecule is Fc1cnc(Cl)nc1-c1c(-c2ccccc2)nn2ccccc12. The van der Waals surface area contributed by atoms with Gasteiger partial charge in [-0.2, -0.15) is 5.10 Å². The molecule has 1 aromatic carbocycles. The van der Waals surface area contributed by atoms with Crippen molar-refractivity contribution in [2.24, 2.45) is 0 Å². The van der Waals surface area contributed by atoms with E-state index in [0.29, 0.717) is 11.3 Å². The van der Waals surface area contributed by atoms with E-state index in [4.69, 9.17) is 11.6 Å². The van der Waals surface area contributed by atoms with Gasteiger partial charge in [0, 0.05) is 11.8 Å². The molecule has 0 N–H and O–H groups in total. The summed E-state index contributed by atoms with van der Waals surface area (Å²) in [6, 6.07) is 15.2. The van der Waals surface area contributed by atoms with Crippen LogP contribution in [0.2, 0.25) is 5.28 Å². The zero-order valence-corrected chi connectivity index (χ0v) is 12.6. The first-order valence-corrected chi connectivity index (χ1v) is 7.33. The second kappa shape index (κ2) is 5.44. The van der Waals surface area contributed by atoms with E-state index >= 15 is 0 Å². The Labute approximate surface area is 136 Å². The van der Waals surface area contributed by atoms with Gasteiger partial charge >= 0.3 is 0 Å². The number of hydrogen-bond acceptors (Lipinski definition) is 3. The molecule has 0 aliphatic heterocycles. The molecule has 4 nitrogen and oxygen atoms in total. The average molecular weight is 325 g/mol. The molecule has 3 aromatic heterocycles. The topological polar surface area (TPSA) is 43.1 Å². The van der Waals surface area contributed by atoms with Gasteiger partial charge in [0.15, 0.2) is 5.82 Å². The summed E-state index contributed by atoms with van der Waals surface area (Å²) in [5.41, 5.74) is 3.01. The Morgan fingerprint density at radius 2 is 1.74 bits per heavy atom. The van der Waals surface area contributed by atoms with E-state index in [-0.39, 0.29) is 11.0 Å². The highest BCUT2D eigenvalue weighted by atomic mass is 35.5. The third kappa shape index (κ3) is 2.35. The third-order valence-corrected chi connectivity index (χ3v) is 3.72. The maximum Gasteiger partial charge on any atom is 0.223 e. The van der Waals surface area contributed by atoms with Gasteiger partial charge in [-0.25, -0.2) is 18.9 Å². The van der Waals surface area contributed by atoms with Gasteiger partial charge in [-0.3, -0.25) is 0 Å². The number of halogens is 2. The van der Waals surface area contributed by atoms with E-state index < -0.39 is 5.82 Å². The van der Waals surface area contributed by atoms with E-state index in [0.717, 1.165) is 17.3 Å². The first kappa shape index (κ1) is 13.8. The van der Waals surface area contributed by atoms with Crippen molar-refractivity contribution in [1.82, 2.24) is 19.6 Å². The van der Waals surface area contributed by atoms with Crippen LogP contribution in [0.3, 0.4) is 0 Å². The summed E-state index contributed by atoms with van der Waals surface area (Å²) in [5, 5.41) is 4.57. The molecular weight excluding hydrogens is 315 g/mol. The van der Waals surface area contributed by atoms with E-state index in [1.165, 1.54) is 0 Å². The van der Waals surface area contributed by atoms with Crippen LogP contribution in [-0.2, 0) is 0 Å². The first-order chi connectivity index (χ1) is 11.2. The van der Waals surface area contributed by atoms with Gasteiger partial charge in [0.2, 0.25) is 5.28 Å². The van der Waals surface area contributed by atoms with Crippen molar-refractivity contribution in [3.8, 4) is 22.5 Å². The summed E-state index contributed by atoms with van der Waals surface area (Å²) in [7, 11) is 0. The standard InChI is InChI=1S/C17H10ClFN4/c18-17-20-10-12(19)16(21-17)14-13-8-4-5-9-23(13)22-15(14)11-6-2-1-3-7-11/h1-10H. The van der Waals surface area contributed by atoms with Crippen LogP contribution in [0, 0.1) is 5.82 Å². The molecular formula is C17H10ClFN4. The summed E-state index contributed by atoms with van der Waals surface area (Å²) in [6.07, 6.45) is 2.89. The summed E-state index contributed by atoms with van der Waals surface area (Å²) in [5.74, 6) is -0.537. The van der Waals surface area contributed by atoms with Gasteiger partial charge in [0.25, 0.3) is 0 Å². The van der Waals surface area contributed by atoms with Gasteiger partial charge in [-0.15, -0.1) is 0 Å². The van der Waals surface area contributed by atoms with Crippen LogP contribution in [0.1, 0.15) is 0 Å². The van der Waals surface area contributed by atoms with Crippen molar-refractivity contribution in [3.05, 3.63) is 72.0 Å². The molecule has 0 unspecified atom stereocenters. The smallest absolute Gasteiger partial charge is 0.223 e. The van der Waals surface area contributed by atoms with Gasteiger partial charge < -0.3 is 0 Å². The lowest BCUT2D eigenvalue weighted by Gasteiger charge is -2.04. The Bertz CT molecular complexity index is 998. The van der Waals surface area contributed by atoms with Crippen LogP contribution in [0.25, 0.3) is 28.0 Å². The molecule has 6 heteroatoms. The predicted molar refractivity (Wildman–Crippen MR) is 86.6 cm³/mol. The summed E-state index contributed by atoms with van der Waals surface area (Å²) >= 11 is 5.87. The van der Waals surface area contributed by atoms with E-state index in [9.17, 15) is 4.39 Å². The molecule has 0 saturated heterocycles. The van der Waals surface area contributed by atoms with Gasteiger partial charge in [-0.05, 0) is 23.7 Å². The highest BCUT2D eigenvalue weighted by molar-refractivity contribution is 6.28. The fraction of sp³-hybridized carbons (Fsp3) is 0. The lowest BCUT2D eigenvalue weighted by molar-refractivity contribution is 0.618. The van der Waals surface area contributed by atoms with Gasteiger partial charge in [0.05, 0.1) is 17.3 Å². The zero-order valence-electron chi connectivity index (χ0n) is 11.8. The second-order valence-corrected chi connectivity index (χ2v) is 5.29. The summed E-state index contributed by atoms with van der Waals surface area (Å²) < 4.78 is 16.0. The van der Waals surface area contributed by atoms with Crippen molar-refractivity contribution in [3.63, 3.8) is 0 Å². The highest BCUT2D eigenvalue weighted by Gasteiger charge is 2.20. The monoisotopic (exact) mass is 324 g/mol. The Balaban J connectivity index is 2.10. The molecule has 0 spiro atoms. The number of hydrogen-bond donors (Lipinski definition) is 0.